The van der Waals surface area contributed by atoms with Gasteiger partial charge in [-0.3, -0.25) is 4.79 Å². The minimum absolute atomic E-state index is 0.0556. The van der Waals surface area contributed by atoms with Crippen LogP contribution in [0.1, 0.15) is 16.2 Å². The number of aldehydes is 1. The topological polar surface area (TPSA) is 83.7 Å². The summed E-state index contributed by atoms with van der Waals surface area (Å²) in [5.74, 6) is 2.50. The van der Waals surface area contributed by atoms with Gasteiger partial charge in [0, 0.05) is 10.0 Å². The van der Waals surface area contributed by atoms with Gasteiger partial charge in [-0.15, -0.1) is 0 Å². The molecule has 8 heteroatoms. The first-order chi connectivity index (χ1) is 12.2. The maximum Gasteiger partial charge on any atom is 0.264 e. The van der Waals surface area contributed by atoms with E-state index in [1.807, 2.05) is 6.07 Å². The van der Waals surface area contributed by atoms with Crippen molar-refractivity contribution in [1.82, 2.24) is 10.1 Å². The highest BCUT2D eigenvalue weighted by Gasteiger charge is 2.17. The molecule has 0 spiro atoms. The Morgan fingerprint density at radius 3 is 2.92 bits per heavy atom. The molecule has 2 aromatic carbocycles. The molecule has 0 N–H and O–H groups in total. The standard InChI is InChI=1S/C17H11BrN2O5/c18-12-2-4-13(11(5-12)7-21)22-8-16-19-17(20-25-16)10-1-3-14-15(6-10)24-9-23-14/h1-7H,8-9H2. The van der Waals surface area contributed by atoms with E-state index < -0.39 is 0 Å². The summed E-state index contributed by atoms with van der Waals surface area (Å²) in [5.41, 5.74) is 1.18. The molecule has 0 unspecified atom stereocenters. The van der Waals surface area contributed by atoms with Crippen LogP contribution in [0.25, 0.3) is 11.4 Å². The summed E-state index contributed by atoms with van der Waals surface area (Å²) >= 11 is 3.31. The molecule has 25 heavy (non-hydrogen) atoms. The van der Waals surface area contributed by atoms with Gasteiger partial charge in [0.05, 0.1) is 5.56 Å². The predicted octanol–water partition coefficient (Wildman–Crippen LogP) is 3.62. The van der Waals surface area contributed by atoms with Crippen molar-refractivity contribution in [1.29, 1.82) is 0 Å². The average Bonchev–Trinajstić information content (AvgIpc) is 3.29. The lowest BCUT2D eigenvalue weighted by molar-refractivity contribution is 0.111. The van der Waals surface area contributed by atoms with Gasteiger partial charge in [-0.2, -0.15) is 4.98 Å². The van der Waals surface area contributed by atoms with E-state index in [-0.39, 0.29) is 13.4 Å². The van der Waals surface area contributed by atoms with E-state index in [0.717, 1.165) is 16.3 Å². The number of hydrogen-bond acceptors (Lipinski definition) is 7. The van der Waals surface area contributed by atoms with Gasteiger partial charge >= 0.3 is 0 Å². The Morgan fingerprint density at radius 1 is 1.16 bits per heavy atom. The lowest BCUT2D eigenvalue weighted by Crippen LogP contribution is -1.98. The highest BCUT2D eigenvalue weighted by Crippen LogP contribution is 2.35. The molecule has 0 amide bonds. The molecule has 7 nitrogen and oxygen atoms in total. The van der Waals surface area contributed by atoms with E-state index in [9.17, 15) is 4.79 Å². The van der Waals surface area contributed by atoms with Crippen LogP contribution in [0.3, 0.4) is 0 Å². The summed E-state index contributed by atoms with van der Waals surface area (Å²) in [6.45, 7) is 0.260. The van der Waals surface area contributed by atoms with Crippen LogP contribution in [0.2, 0.25) is 0 Å². The van der Waals surface area contributed by atoms with Crippen molar-refractivity contribution in [3.8, 4) is 28.6 Å². The molecule has 0 saturated carbocycles. The van der Waals surface area contributed by atoms with Crippen molar-refractivity contribution in [3.63, 3.8) is 0 Å². The van der Waals surface area contributed by atoms with Gasteiger partial charge < -0.3 is 18.7 Å². The van der Waals surface area contributed by atoms with Crippen LogP contribution in [0.5, 0.6) is 17.2 Å². The summed E-state index contributed by atoms with van der Waals surface area (Å²) < 4.78 is 22.2. The van der Waals surface area contributed by atoms with Gasteiger partial charge in [0.1, 0.15) is 5.75 Å². The number of nitrogens with zero attached hydrogens (tertiary/aromatic N) is 2. The van der Waals surface area contributed by atoms with Crippen LogP contribution < -0.4 is 14.2 Å². The molecule has 0 saturated heterocycles. The largest absolute Gasteiger partial charge is 0.483 e. The number of carbonyl (C=O) groups excluding carboxylic acids is 1. The average molecular weight is 403 g/mol. The maximum atomic E-state index is 11.1. The normalized spacial score (nSPS) is 12.2. The molecular weight excluding hydrogens is 392 g/mol. The third-order valence-corrected chi connectivity index (χ3v) is 4.04. The second-order valence-electron chi connectivity index (χ2n) is 5.17. The van der Waals surface area contributed by atoms with E-state index in [1.54, 1.807) is 30.3 Å². The van der Waals surface area contributed by atoms with Gasteiger partial charge in [-0.1, -0.05) is 21.1 Å². The summed E-state index contributed by atoms with van der Waals surface area (Å²) in [6.07, 6.45) is 0.728. The molecule has 0 bridgehead atoms. The maximum absolute atomic E-state index is 11.1. The second-order valence-corrected chi connectivity index (χ2v) is 6.08. The minimum atomic E-state index is 0.0556. The second kappa shape index (κ2) is 6.56. The highest BCUT2D eigenvalue weighted by atomic mass is 79.9. The van der Waals surface area contributed by atoms with E-state index in [0.29, 0.717) is 34.5 Å². The molecular formula is C17H11BrN2O5. The number of benzene rings is 2. The lowest BCUT2D eigenvalue weighted by Gasteiger charge is -2.06. The molecule has 1 aliphatic heterocycles. The van der Waals surface area contributed by atoms with Gasteiger partial charge in [-0.25, -0.2) is 0 Å². The monoisotopic (exact) mass is 402 g/mol. The van der Waals surface area contributed by atoms with Crippen molar-refractivity contribution < 1.29 is 23.5 Å². The molecule has 0 radical (unpaired) electrons. The number of ether oxygens (including phenoxy) is 3. The molecule has 0 atom stereocenters. The Kier molecular flexibility index (Phi) is 4.10. The Morgan fingerprint density at radius 2 is 2.04 bits per heavy atom. The smallest absolute Gasteiger partial charge is 0.264 e. The van der Waals surface area contributed by atoms with Crippen molar-refractivity contribution in [2.24, 2.45) is 0 Å². The first kappa shape index (κ1) is 15.6. The van der Waals surface area contributed by atoms with E-state index in [4.69, 9.17) is 18.7 Å². The van der Waals surface area contributed by atoms with E-state index in [1.165, 1.54) is 0 Å². The van der Waals surface area contributed by atoms with Crippen LogP contribution in [0.4, 0.5) is 0 Å². The van der Waals surface area contributed by atoms with Crippen LogP contribution >= 0.6 is 15.9 Å². The van der Waals surface area contributed by atoms with Gasteiger partial charge in [0.2, 0.25) is 12.6 Å². The first-order valence-corrected chi connectivity index (χ1v) is 8.12. The molecule has 1 aliphatic rings. The fourth-order valence-electron chi connectivity index (χ4n) is 2.35. The van der Waals surface area contributed by atoms with E-state index >= 15 is 0 Å². The zero-order valence-corrected chi connectivity index (χ0v) is 14.4. The summed E-state index contributed by atoms with van der Waals surface area (Å²) in [4.78, 5) is 15.4. The Labute approximate surface area is 150 Å². The van der Waals surface area contributed by atoms with Gasteiger partial charge in [0.25, 0.3) is 5.89 Å². The molecule has 0 aliphatic carbocycles. The molecule has 4 rings (SSSR count). The van der Waals surface area contributed by atoms with Crippen molar-refractivity contribution in [2.45, 2.75) is 6.61 Å². The first-order valence-electron chi connectivity index (χ1n) is 7.33. The lowest BCUT2D eigenvalue weighted by atomic mass is 10.2. The summed E-state index contributed by atoms with van der Waals surface area (Å²) in [5, 5.41) is 3.94. The van der Waals surface area contributed by atoms with Crippen molar-refractivity contribution >= 4 is 22.2 Å². The number of aromatic nitrogens is 2. The van der Waals surface area contributed by atoms with Crippen molar-refractivity contribution in [3.05, 3.63) is 52.3 Å². The molecule has 2 heterocycles. The quantitative estimate of drug-likeness (QED) is 0.602. The number of fused-ring (bicyclic) bond motifs is 1. The van der Waals surface area contributed by atoms with Crippen LogP contribution in [-0.2, 0) is 6.61 Å². The summed E-state index contributed by atoms with van der Waals surface area (Å²) in [6, 6.07) is 10.6. The van der Waals surface area contributed by atoms with Crippen LogP contribution in [-0.4, -0.2) is 23.2 Å². The number of rotatable bonds is 5. The molecule has 0 fully saturated rings. The molecule has 3 aromatic rings. The molecule has 126 valence electrons. The third kappa shape index (κ3) is 3.20. The summed E-state index contributed by atoms with van der Waals surface area (Å²) in [7, 11) is 0. The predicted molar refractivity (Wildman–Crippen MR) is 89.7 cm³/mol. The zero-order chi connectivity index (χ0) is 17.2. The fraction of sp³-hybridized carbons (Fsp3) is 0.118. The number of carbonyl (C=O) groups is 1. The Bertz CT molecular complexity index is 941. The minimum Gasteiger partial charge on any atom is -0.483 e. The SMILES string of the molecule is O=Cc1cc(Br)ccc1OCc1nc(-c2ccc3c(c2)OCO3)no1. The highest BCUT2D eigenvalue weighted by molar-refractivity contribution is 9.10. The van der Waals surface area contributed by atoms with Crippen molar-refractivity contribution in [2.75, 3.05) is 6.79 Å². The number of hydrogen-bond donors (Lipinski definition) is 0. The third-order valence-electron chi connectivity index (χ3n) is 3.55. The Hall–Kier alpha value is -2.87. The van der Waals surface area contributed by atoms with Gasteiger partial charge in [0.15, 0.2) is 24.4 Å². The zero-order valence-electron chi connectivity index (χ0n) is 12.8. The molecule has 1 aromatic heterocycles. The number of halogens is 1. The van der Waals surface area contributed by atoms with Gasteiger partial charge in [-0.05, 0) is 36.4 Å². The van der Waals surface area contributed by atoms with E-state index in [2.05, 4.69) is 26.1 Å². The van der Waals surface area contributed by atoms with Crippen LogP contribution in [0.15, 0.2) is 45.4 Å². The Balaban J connectivity index is 1.49. The van der Waals surface area contributed by atoms with Crippen LogP contribution in [0, 0.1) is 0 Å². The fourth-order valence-corrected chi connectivity index (χ4v) is 2.73.